The van der Waals surface area contributed by atoms with Crippen LogP contribution in [0.5, 0.6) is 0 Å². The molecule has 0 amide bonds. The molecule has 22 heavy (non-hydrogen) atoms. The van der Waals surface area contributed by atoms with E-state index in [0.717, 1.165) is 25.7 Å². The summed E-state index contributed by atoms with van der Waals surface area (Å²) in [6.07, 6.45) is 2.51. The lowest BCUT2D eigenvalue weighted by molar-refractivity contribution is -0.146. The summed E-state index contributed by atoms with van der Waals surface area (Å²) in [5.74, 6) is -0.690. The van der Waals surface area contributed by atoms with Gasteiger partial charge in [0.15, 0.2) is 0 Å². The summed E-state index contributed by atoms with van der Waals surface area (Å²) in [7, 11) is 1.41. The van der Waals surface area contributed by atoms with Crippen LogP contribution in [-0.2, 0) is 9.53 Å². The van der Waals surface area contributed by atoms with E-state index in [9.17, 15) is 14.3 Å². The number of carbonyl (C=O) groups excluding carboxylic acids is 1. The van der Waals surface area contributed by atoms with Gasteiger partial charge in [0.05, 0.1) is 24.2 Å². The van der Waals surface area contributed by atoms with Crippen LogP contribution in [-0.4, -0.2) is 30.8 Å². The van der Waals surface area contributed by atoms with Crippen molar-refractivity contribution in [3.63, 3.8) is 0 Å². The molecule has 4 nitrogen and oxygen atoms in total. The molecule has 1 fully saturated rings. The van der Waals surface area contributed by atoms with Crippen LogP contribution in [0.15, 0.2) is 18.2 Å². The molecule has 0 aromatic heterocycles. The van der Waals surface area contributed by atoms with Crippen molar-refractivity contribution in [1.82, 2.24) is 5.32 Å². The van der Waals surface area contributed by atoms with E-state index in [1.807, 2.05) is 0 Å². The number of hydrogen-bond acceptors (Lipinski definition) is 4. The number of ether oxygens (including phenoxy) is 1. The molecule has 0 bridgehead atoms. The molecule has 0 aliphatic heterocycles. The van der Waals surface area contributed by atoms with Crippen LogP contribution in [0.25, 0.3) is 0 Å². The quantitative estimate of drug-likeness (QED) is 0.816. The first kappa shape index (κ1) is 17.2. The van der Waals surface area contributed by atoms with Crippen molar-refractivity contribution in [1.29, 1.82) is 0 Å². The Morgan fingerprint density at radius 2 is 2.14 bits per heavy atom. The molecule has 1 aliphatic carbocycles. The zero-order chi connectivity index (χ0) is 16.1. The molecule has 0 radical (unpaired) electrons. The molecule has 1 aromatic carbocycles. The van der Waals surface area contributed by atoms with Crippen LogP contribution in [0.2, 0.25) is 5.02 Å². The first-order valence-electron chi connectivity index (χ1n) is 7.45. The number of hydrogen-bond donors (Lipinski definition) is 2. The number of benzene rings is 1. The fourth-order valence-corrected chi connectivity index (χ4v) is 2.93. The second kappa shape index (κ2) is 7.90. The van der Waals surface area contributed by atoms with Gasteiger partial charge in [-0.2, -0.15) is 0 Å². The summed E-state index contributed by atoms with van der Waals surface area (Å²) in [5.41, 5.74) is 0.498. The summed E-state index contributed by atoms with van der Waals surface area (Å²) < 4.78 is 18.1. The molecule has 0 saturated heterocycles. The first-order valence-corrected chi connectivity index (χ1v) is 7.83. The Hall–Kier alpha value is -1.17. The van der Waals surface area contributed by atoms with Gasteiger partial charge >= 0.3 is 5.97 Å². The van der Waals surface area contributed by atoms with Gasteiger partial charge in [-0.15, -0.1) is 0 Å². The number of nitrogens with one attached hydrogen (secondary N) is 1. The number of rotatable bonds is 5. The van der Waals surface area contributed by atoms with E-state index in [-0.39, 0.29) is 23.0 Å². The SMILES string of the molecule is COC(=O)C1CCC(NC[C@H](O)c2ccc(Cl)c(F)c2)CC1. The lowest BCUT2D eigenvalue weighted by Gasteiger charge is -2.28. The maximum absolute atomic E-state index is 13.4. The van der Waals surface area contributed by atoms with Crippen molar-refractivity contribution in [3.05, 3.63) is 34.6 Å². The highest BCUT2D eigenvalue weighted by atomic mass is 35.5. The fraction of sp³-hybridized carbons (Fsp3) is 0.562. The molecule has 1 saturated carbocycles. The first-order chi connectivity index (χ1) is 10.5. The standard InChI is InChI=1S/C16H21ClFNO3/c1-22-16(21)10-2-5-12(6-3-10)19-9-15(20)11-4-7-13(17)14(18)8-11/h4,7-8,10,12,15,19-20H,2-3,5-6,9H2,1H3/t10?,12?,15-/m0/s1. The molecule has 122 valence electrons. The number of aliphatic hydroxyl groups is 1. The summed E-state index contributed by atoms with van der Waals surface area (Å²) >= 11 is 5.63. The van der Waals surface area contributed by atoms with E-state index in [1.165, 1.54) is 19.2 Å². The van der Waals surface area contributed by atoms with Crippen LogP contribution in [0.4, 0.5) is 4.39 Å². The third-order valence-electron chi connectivity index (χ3n) is 4.19. The fourth-order valence-electron chi connectivity index (χ4n) is 2.82. The van der Waals surface area contributed by atoms with E-state index in [0.29, 0.717) is 12.1 Å². The van der Waals surface area contributed by atoms with Gasteiger partial charge in [0.1, 0.15) is 5.82 Å². The van der Waals surface area contributed by atoms with Crippen LogP contribution in [0.1, 0.15) is 37.4 Å². The predicted molar refractivity (Wildman–Crippen MR) is 82.1 cm³/mol. The number of esters is 1. The molecular formula is C16H21ClFNO3. The van der Waals surface area contributed by atoms with E-state index in [1.54, 1.807) is 6.07 Å². The van der Waals surface area contributed by atoms with E-state index < -0.39 is 11.9 Å². The maximum Gasteiger partial charge on any atom is 0.308 e. The predicted octanol–water partition coefficient (Wildman–Crippen LogP) is 2.83. The minimum absolute atomic E-state index is 0.0154. The third kappa shape index (κ3) is 4.41. The van der Waals surface area contributed by atoms with Crippen molar-refractivity contribution in [2.45, 2.75) is 37.8 Å². The number of methoxy groups -OCH3 is 1. The molecule has 0 unspecified atom stereocenters. The normalized spacial score (nSPS) is 23.1. The average molecular weight is 330 g/mol. The Morgan fingerprint density at radius 1 is 1.45 bits per heavy atom. The van der Waals surface area contributed by atoms with Gasteiger partial charge in [0, 0.05) is 12.6 Å². The topological polar surface area (TPSA) is 58.6 Å². The van der Waals surface area contributed by atoms with Crippen molar-refractivity contribution >= 4 is 17.6 Å². The van der Waals surface area contributed by atoms with Crippen molar-refractivity contribution in [3.8, 4) is 0 Å². The van der Waals surface area contributed by atoms with Crippen molar-refractivity contribution < 1.29 is 19.0 Å². The van der Waals surface area contributed by atoms with Crippen LogP contribution >= 0.6 is 11.6 Å². The average Bonchev–Trinajstić information content (AvgIpc) is 2.54. The van der Waals surface area contributed by atoms with Gasteiger partial charge in [-0.3, -0.25) is 4.79 Å². The molecule has 1 aliphatic rings. The second-order valence-corrected chi connectivity index (χ2v) is 6.08. The molecule has 2 rings (SSSR count). The van der Waals surface area contributed by atoms with Gasteiger partial charge in [-0.05, 0) is 43.4 Å². The van der Waals surface area contributed by atoms with E-state index in [2.05, 4.69) is 5.32 Å². The molecule has 1 atom stereocenters. The van der Waals surface area contributed by atoms with Gasteiger partial charge < -0.3 is 15.2 Å². The Labute approximate surface area is 134 Å². The number of carbonyl (C=O) groups is 1. The highest BCUT2D eigenvalue weighted by Gasteiger charge is 2.27. The molecule has 1 aromatic rings. The summed E-state index contributed by atoms with van der Waals surface area (Å²) in [5, 5.41) is 13.4. The lowest BCUT2D eigenvalue weighted by Crippen LogP contribution is -2.37. The van der Waals surface area contributed by atoms with Crippen molar-refractivity contribution in [2.75, 3.05) is 13.7 Å². The van der Waals surface area contributed by atoms with Gasteiger partial charge in [-0.25, -0.2) is 4.39 Å². The summed E-state index contributed by atoms with van der Waals surface area (Å²) in [6.45, 7) is 0.342. The minimum atomic E-state index is -0.787. The van der Waals surface area contributed by atoms with Gasteiger partial charge in [0.25, 0.3) is 0 Å². The monoisotopic (exact) mass is 329 g/mol. The summed E-state index contributed by atoms with van der Waals surface area (Å²) in [6, 6.07) is 4.57. The summed E-state index contributed by atoms with van der Waals surface area (Å²) in [4.78, 5) is 11.5. The Balaban J connectivity index is 1.78. The molecular weight excluding hydrogens is 309 g/mol. The van der Waals surface area contributed by atoms with Gasteiger partial charge in [-0.1, -0.05) is 17.7 Å². The van der Waals surface area contributed by atoms with E-state index in [4.69, 9.17) is 16.3 Å². The van der Waals surface area contributed by atoms with Gasteiger partial charge in [0.2, 0.25) is 0 Å². The van der Waals surface area contributed by atoms with Crippen molar-refractivity contribution in [2.24, 2.45) is 5.92 Å². The minimum Gasteiger partial charge on any atom is -0.469 e. The maximum atomic E-state index is 13.4. The zero-order valence-electron chi connectivity index (χ0n) is 12.5. The molecule has 2 N–H and O–H groups in total. The zero-order valence-corrected chi connectivity index (χ0v) is 13.3. The van der Waals surface area contributed by atoms with Crippen LogP contribution < -0.4 is 5.32 Å². The Bertz CT molecular complexity index is 518. The highest BCUT2D eigenvalue weighted by molar-refractivity contribution is 6.30. The second-order valence-electron chi connectivity index (χ2n) is 5.67. The smallest absolute Gasteiger partial charge is 0.308 e. The number of halogens is 2. The lowest BCUT2D eigenvalue weighted by atomic mass is 9.86. The third-order valence-corrected chi connectivity index (χ3v) is 4.50. The molecule has 6 heteroatoms. The highest BCUT2D eigenvalue weighted by Crippen LogP contribution is 2.26. The van der Waals surface area contributed by atoms with E-state index >= 15 is 0 Å². The largest absolute Gasteiger partial charge is 0.469 e. The number of aliphatic hydroxyl groups excluding tert-OH is 1. The Kier molecular flexibility index (Phi) is 6.17. The molecule has 0 heterocycles. The van der Waals surface area contributed by atoms with Crippen LogP contribution in [0, 0.1) is 11.7 Å². The van der Waals surface area contributed by atoms with Crippen LogP contribution in [0.3, 0.4) is 0 Å². The Morgan fingerprint density at radius 3 is 2.73 bits per heavy atom. The molecule has 0 spiro atoms.